The fourth-order valence-electron chi connectivity index (χ4n) is 2.36. The molecule has 1 aromatic rings. The Kier molecular flexibility index (Phi) is 5.06. The van der Waals surface area contributed by atoms with Gasteiger partial charge in [-0.1, -0.05) is 35.5 Å². The topological polar surface area (TPSA) is 29.5 Å². The first-order valence-corrected chi connectivity index (χ1v) is 9.29. The van der Waals surface area contributed by atoms with Crippen LogP contribution in [0.5, 0.6) is 0 Å². The van der Waals surface area contributed by atoms with Crippen molar-refractivity contribution >= 4 is 41.1 Å². The van der Waals surface area contributed by atoms with Gasteiger partial charge in [0.25, 0.3) is 0 Å². The van der Waals surface area contributed by atoms with Crippen molar-refractivity contribution in [2.24, 2.45) is 0 Å². The van der Waals surface area contributed by atoms with Crippen LogP contribution in [-0.4, -0.2) is 29.8 Å². The van der Waals surface area contributed by atoms with Crippen LogP contribution < -0.4 is 0 Å². The highest BCUT2D eigenvalue weighted by molar-refractivity contribution is 8.09. The number of carbonyl (C=O) groups excluding carboxylic acids is 1. The number of nitrogens with zero attached hydrogens (tertiary/aromatic N) is 1. The molecule has 22 heavy (non-hydrogen) atoms. The average Bonchev–Trinajstić information content (AvgIpc) is 2.89. The minimum atomic E-state index is -0.211. The Labute approximate surface area is 143 Å². The van der Waals surface area contributed by atoms with Crippen molar-refractivity contribution in [2.75, 3.05) is 18.9 Å². The Hall–Kier alpha value is -1.04. The molecule has 2 aliphatic rings. The molecule has 0 atom stereocenters. The molecule has 0 bridgehead atoms. The first kappa shape index (κ1) is 15.8. The van der Waals surface area contributed by atoms with Crippen LogP contribution in [0.4, 0.5) is 0 Å². The predicted octanol–water partition coefficient (Wildman–Crippen LogP) is 4.25. The molecule has 0 aliphatic carbocycles. The fourth-order valence-corrected chi connectivity index (χ4v) is 4.89. The molecule has 3 nitrogen and oxygen atoms in total. The quantitative estimate of drug-likeness (QED) is 0.755. The molecule has 116 valence electrons. The van der Waals surface area contributed by atoms with E-state index in [1.54, 1.807) is 23.5 Å². The Morgan fingerprint density at radius 3 is 3.09 bits per heavy atom. The molecule has 0 radical (unpaired) electrons. The van der Waals surface area contributed by atoms with Gasteiger partial charge < -0.3 is 9.64 Å². The van der Waals surface area contributed by atoms with Gasteiger partial charge in [-0.15, -0.1) is 11.8 Å². The van der Waals surface area contributed by atoms with E-state index in [2.05, 4.69) is 17.2 Å². The number of ether oxygens (including phenoxy) is 1. The number of carbonyl (C=O) groups is 1. The SMILES string of the molecule is CCOC(=O)C1=C2SC(Cc3cccc(Cl)c3)=CN2CCS1. The van der Waals surface area contributed by atoms with E-state index in [0.29, 0.717) is 6.61 Å². The summed E-state index contributed by atoms with van der Waals surface area (Å²) in [5.74, 6) is 0.691. The van der Waals surface area contributed by atoms with E-state index in [0.717, 1.165) is 33.7 Å². The van der Waals surface area contributed by atoms with Gasteiger partial charge in [0.05, 0.1) is 6.61 Å². The van der Waals surface area contributed by atoms with Crippen molar-refractivity contribution in [2.45, 2.75) is 13.3 Å². The van der Waals surface area contributed by atoms with Crippen molar-refractivity contribution in [3.8, 4) is 0 Å². The van der Waals surface area contributed by atoms with Gasteiger partial charge >= 0.3 is 5.97 Å². The van der Waals surface area contributed by atoms with Crippen molar-refractivity contribution in [1.82, 2.24) is 4.90 Å². The Bertz CT molecular complexity index is 657. The van der Waals surface area contributed by atoms with E-state index in [9.17, 15) is 4.79 Å². The second-order valence-corrected chi connectivity index (χ2v) is 7.56. The molecule has 6 heteroatoms. The van der Waals surface area contributed by atoms with E-state index in [-0.39, 0.29) is 5.97 Å². The summed E-state index contributed by atoms with van der Waals surface area (Å²) in [6.07, 6.45) is 2.96. The lowest BCUT2D eigenvalue weighted by Gasteiger charge is -2.24. The lowest BCUT2D eigenvalue weighted by atomic mass is 10.1. The summed E-state index contributed by atoms with van der Waals surface area (Å²) in [6, 6.07) is 7.89. The largest absolute Gasteiger partial charge is 0.462 e. The zero-order valence-electron chi connectivity index (χ0n) is 12.2. The predicted molar refractivity (Wildman–Crippen MR) is 93.7 cm³/mol. The third-order valence-corrected chi connectivity index (χ3v) is 5.83. The maximum atomic E-state index is 12.1. The molecule has 2 aliphatic heterocycles. The number of benzene rings is 1. The Morgan fingerprint density at radius 2 is 2.32 bits per heavy atom. The van der Waals surface area contributed by atoms with Crippen molar-refractivity contribution in [3.05, 3.63) is 55.9 Å². The molecule has 0 aromatic heterocycles. The van der Waals surface area contributed by atoms with E-state index < -0.39 is 0 Å². The maximum absolute atomic E-state index is 12.1. The number of esters is 1. The number of fused-ring (bicyclic) bond motifs is 1. The summed E-state index contributed by atoms with van der Waals surface area (Å²) in [5.41, 5.74) is 1.18. The summed E-state index contributed by atoms with van der Waals surface area (Å²) in [4.78, 5) is 16.2. The van der Waals surface area contributed by atoms with Crippen LogP contribution in [0.1, 0.15) is 12.5 Å². The van der Waals surface area contributed by atoms with E-state index in [1.807, 2.05) is 25.1 Å². The zero-order chi connectivity index (χ0) is 15.5. The van der Waals surface area contributed by atoms with Gasteiger partial charge in [0, 0.05) is 34.8 Å². The standard InChI is InChI=1S/C16H16ClNO2S2/c1-2-20-16(19)14-15-18(6-7-21-14)10-13(22-15)9-11-4-3-5-12(17)8-11/h3-5,8,10H,2,6-7,9H2,1H3. The van der Waals surface area contributed by atoms with Crippen LogP contribution in [0.15, 0.2) is 45.3 Å². The second-order valence-electron chi connectivity index (χ2n) is 4.90. The summed E-state index contributed by atoms with van der Waals surface area (Å²) in [7, 11) is 0. The highest BCUT2D eigenvalue weighted by Crippen LogP contribution is 2.45. The molecule has 2 heterocycles. The number of thioether (sulfide) groups is 2. The van der Waals surface area contributed by atoms with Gasteiger partial charge in [-0.3, -0.25) is 0 Å². The van der Waals surface area contributed by atoms with E-state index in [4.69, 9.17) is 16.3 Å². The van der Waals surface area contributed by atoms with Crippen molar-refractivity contribution in [1.29, 1.82) is 0 Å². The Morgan fingerprint density at radius 1 is 1.45 bits per heavy atom. The lowest BCUT2D eigenvalue weighted by molar-refractivity contribution is -0.137. The molecule has 1 aromatic carbocycles. The maximum Gasteiger partial charge on any atom is 0.347 e. The van der Waals surface area contributed by atoms with Gasteiger partial charge in [0.2, 0.25) is 0 Å². The van der Waals surface area contributed by atoms with Crippen LogP contribution in [0.2, 0.25) is 5.02 Å². The summed E-state index contributed by atoms with van der Waals surface area (Å²) in [6.45, 7) is 3.16. The number of allylic oxidation sites excluding steroid dienone is 1. The molecule has 0 spiro atoms. The summed E-state index contributed by atoms with van der Waals surface area (Å²) in [5, 5.41) is 1.76. The molecule has 0 fully saturated rings. The monoisotopic (exact) mass is 353 g/mol. The minimum Gasteiger partial charge on any atom is -0.462 e. The molecule has 0 amide bonds. The molecular weight excluding hydrogens is 338 g/mol. The number of rotatable bonds is 4. The van der Waals surface area contributed by atoms with Crippen LogP contribution >= 0.6 is 35.1 Å². The summed E-state index contributed by atoms with van der Waals surface area (Å²) >= 11 is 9.29. The third kappa shape index (κ3) is 3.47. The van der Waals surface area contributed by atoms with Gasteiger partial charge in [0.1, 0.15) is 9.93 Å². The fraction of sp³-hybridized carbons (Fsp3) is 0.312. The smallest absolute Gasteiger partial charge is 0.347 e. The van der Waals surface area contributed by atoms with Crippen LogP contribution in [0, 0.1) is 0 Å². The van der Waals surface area contributed by atoms with Gasteiger partial charge in [-0.2, -0.15) is 0 Å². The van der Waals surface area contributed by atoms with Crippen LogP contribution in [0.25, 0.3) is 0 Å². The summed E-state index contributed by atoms with van der Waals surface area (Å²) < 4.78 is 5.16. The highest BCUT2D eigenvalue weighted by atomic mass is 35.5. The number of halogens is 1. The molecule has 0 N–H and O–H groups in total. The van der Waals surface area contributed by atoms with Gasteiger partial charge in [-0.25, -0.2) is 4.79 Å². The van der Waals surface area contributed by atoms with Gasteiger partial charge in [-0.05, 0) is 24.6 Å². The molecular formula is C16H16ClNO2S2. The first-order valence-electron chi connectivity index (χ1n) is 7.11. The molecule has 3 rings (SSSR count). The molecule has 0 saturated heterocycles. The number of hydrogen-bond acceptors (Lipinski definition) is 5. The zero-order valence-corrected chi connectivity index (χ0v) is 14.6. The normalized spacial score (nSPS) is 17.4. The first-order chi connectivity index (χ1) is 10.7. The highest BCUT2D eigenvalue weighted by Gasteiger charge is 2.30. The third-order valence-electron chi connectivity index (χ3n) is 3.29. The Balaban J connectivity index is 1.78. The minimum absolute atomic E-state index is 0.211. The second kappa shape index (κ2) is 7.02. The van der Waals surface area contributed by atoms with E-state index >= 15 is 0 Å². The van der Waals surface area contributed by atoms with Crippen molar-refractivity contribution < 1.29 is 9.53 Å². The molecule has 0 saturated carbocycles. The molecule has 0 unspecified atom stereocenters. The van der Waals surface area contributed by atoms with Crippen LogP contribution in [-0.2, 0) is 16.0 Å². The number of hydrogen-bond donors (Lipinski definition) is 0. The van der Waals surface area contributed by atoms with Gasteiger partial charge in [0.15, 0.2) is 0 Å². The van der Waals surface area contributed by atoms with Crippen molar-refractivity contribution in [3.63, 3.8) is 0 Å². The lowest BCUT2D eigenvalue weighted by Crippen LogP contribution is -2.23. The van der Waals surface area contributed by atoms with Crippen LogP contribution in [0.3, 0.4) is 0 Å². The van der Waals surface area contributed by atoms with E-state index in [1.165, 1.54) is 10.5 Å². The average molecular weight is 354 g/mol.